The molecule has 0 aromatic heterocycles. The molecule has 0 aliphatic carbocycles. The van der Waals surface area contributed by atoms with Crippen LogP contribution in [0.3, 0.4) is 0 Å². The SMILES string of the molecule is CCOc1cc2c(cc1CNC(=O)C1CC(F)(F)CN1)OC(C)C2. The number of alkyl halides is 2. The highest BCUT2D eigenvalue weighted by atomic mass is 19.3. The van der Waals surface area contributed by atoms with Crippen LogP contribution in [0.2, 0.25) is 0 Å². The molecule has 1 aromatic carbocycles. The molecule has 2 aliphatic rings. The number of carbonyl (C=O) groups excluding carboxylic acids is 1. The molecule has 5 nitrogen and oxygen atoms in total. The summed E-state index contributed by atoms with van der Waals surface area (Å²) in [7, 11) is 0. The van der Waals surface area contributed by atoms with Gasteiger partial charge in [-0.25, -0.2) is 8.78 Å². The molecule has 1 aromatic rings. The van der Waals surface area contributed by atoms with E-state index in [-0.39, 0.29) is 12.6 Å². The average Bonchev–Trinajstić information content (AvgIpc) is 3.05. The zero-order valence-electron chi connectivity index (χ0n) is 13.8. The number of ether oxygens (including phenoxy) is 2. The van der Waals surface area contributed by atoms with Gasteiger partial charge in [-0.3, -0.25) is 10.1 Å². The van der Waals surface area contributed by atoms with Gasteiger partial charge in [-0.1, -0.05) is 0 Å². The maximum absolute atomic E-state index is 13.2. The number of rotatable bonds is 5. The summed E-state index contributed by atoms with van der Waals surface area (Å²) in [6.45, 7) is 4.14. The minimum absolute atomic E-state index is 0.115. The zero-order chi connectivity index (χ0) is 17.3. The Hall–Kier alpha value is -1.89. The maximum Gasteiger partial charge on any atom is 0.262 e. The fraction of sp³-hybridized carbons (Fsp3) is 0.588. The summed E-state index contributed by atoms with van der Waals surface area (Å²) < 4.78 is 37.8. The lowest BCUT2D eigenvalue weighted by Gasteiger charge is -2.15. The molecule has 3 rings (SSSR count). The highest BCUT2D eigenvalue weighted by molar-refractivity contribution is 5.82. The number of benzene rings is 1. The molecule has 0 radical (unpaired) electrons. The van der Waals surface area contributed by atoms with E-state index >= 15 is 0 Å². The van der Waals surface area contributed by atoms with Gasteiger partial charge in [-0.05, 0) is 26.0 Å². The Morgan fingerprint density at radius 1 is 1.50 bits per heavy atom. The van der Waals surface area contributed by atoms with E-state index < -0.39 is 30.8 Å². The van der Waals surface area contributed by atoms with E-state index in [1.165, 1.54) is 0 Å². The van der Waals surface area contributed by atoms with Crippen LogP contribution in [0.5, 0.6) is 11.5 Å². The van der Waals surface area contributed by atoms with E-state index in [4.69, 9.17) is 9.47 Å². The van der Waals surface area contributed by atoms with Crippen LogP contribution in [0.4, 0.5) is 8.78 Å². The highest BCUT2D eigenvalue weighted by Crippen LogP contribution is 2.35. The Bertz CT molecular complexity index is 637. The van der Waals surface area contributed by atoms with Gasteiger partial charge in [-0.2, -0.15) is 0 Å². The molecule has 2 unspecified atom stereocenters. The molecule has 2 atom stereocenters. The Labute approximate surface area is 139 Å². The number of halogens is 2. The molecular formula is C17H22F2N2O3. The molecule has 0 spiro atoms. The van der Waals surface area contributed by atoms with Crippen molar-refractivity contribution in [3.05, 3.63) is 23.3 Å². The summed E-state index contributed by atoms with van der Waals surface area (Å²) >= 11 is 0. The molecular weight excluding hydrogens is 318 g/mol. The summed E-state index contributed by atoms with van der Waals surface area (Å²) in [5.41, 5.74) is 1.86. The first-order chi connectivity index (χ1) is 11.4. The van der Waals surface area contributed by atoms with Crippen LogP contribution < -0.4 is 20.1 Å². The Morgan fingerprint density at radius 3 is 2.96 bits per heavy atom. The predicted octanol–water partition coefficient (Wildman–Crippen LogP) is 2.02. The van der Waals surface area contributed by atoms with Crippen molar-refractivity contribution in [3.63, 3.8) is 0 Å². The van der Waals surface area contributed by atoms with E-state index in [1.54, 1.807) is 0 Å². The molecule has 0 saturated carbocycles. The number of hydrogen-bond donors (Lipinski definition) is 2. The van der Waals surface area contributed by atoms with E-state index in [0.29, 0.717) is 12.4 Å². The first-order valence-electron chi connectivity index (χ1n) is 8.22. The summed E-state index contributed by atoms with van der Waals surface area (Å²) in [6, 6.07) is 2.94. The summed E-state index contributed by atoms with van der Waals surface area (Å²) in [4.78, 5) is 12.1. The normalized spacial score (nSPS) is 24.3. The molecule has 24 heavy (non-hydrogen) atoms. The molecule has 132 valence electrons. The van der Waals surface area contributed by atoms with Crippen LogP contribution in [-0.4, -0.2) is 37.1 Å². The molecule has 2 N–H and O–H groups in total. The Balaban J connectivity index is 1.68. The second-order valence-corrected chi connectivity index (χ2v) is 6.34. The lowest BCUT2D eigenvalue weighted by atomic mass is 10.1. The minimum atomic E-state index is -2.82. The number of carbonyl (C=O) groups is 1. The van der Waals surface area contributed by atoms with Gasteiger partial charge in [0.25, 0.3) is 5.92 Å². The lowest BCUT2D eigenvalue weighted by Crippen LogP contribution is -2.40. The third-order valence-electron chi connectivity index (χ3n) is 4.26. The molecule has 2 heterocycles. The predicted molar refractivity (Wildman–Crippen MR) is 84.6 cm³/mol. The van der Waals surface area contributed by atoms with Crippen molar-refractivity contribution in [1.82, 2.24) is 10.6 Å². The third kappa shape index (κ3) is 3.61. The first-order valence-corrected chi connectivity index (χ1v) is 8.22. The summed E-state index contributed by atoms with van der Waals surface area (Å²) in [5, 5.41) is 5.26. The lowest BCUT2D eigenvalue weighted by molar-refractivity contribution is -0.123. The standard InChI is InChI=1S/C17H22F2N2O3/c1-3-23-14-5-11-4-10(2)24-15(11)6-12(14)8-20-16(22)13-7-17(18,19)9-21-13/h5-6,10,13,21H,3-4,7-9H2,1-2H3,(H,20,22). The van der Waals surface area contributed by atoms with Gasteiger partial charge < -0.3 is 14.8 Å². The monoisotopic (exact) mass is 340 g/mol. The van der Waals surface area contributed by atoms with Gasteiger partial charge in [0, 0.05) is 30.5 Å². The molecule has 1 amide bonds. The maximum atomic E-state index is 13.2. The number of amides is 1. The topological polar surface area (TPSA) is 59.6 Å². The highest BCUT2D eigenvalue weighted by Gasteiger charge is 2.42. The quantitative estimate of drug-likeness (QED) is 0.861. The van der Waals surface area contributed by atoms with Crippen LogP contribution in [0, 0.1) is 0 Å². The number of nitrogens with one attached hydrogen (secondary N) is 2. The van der Waals surface area contributed by atoms with Crippen molar-refractivity contribution in [1.29, 1.82) is 0 Å². The smallest absolute Gasteiger partial charge is 0.262 e. The van der Waals surface area contributed by atoms with Crippen LogP contribution >= 0.6 is 0 Å². The largest absolute Gasteiger partial charge is 0.494 e. The minimum Gasteiger partial charge on any atom is -0.494 e. The van der Waals surface area contributed by atoms with Gasteiger partial charge in [0.1, 0.15) is 17.6 Å². The third-order valence-corrected chi connectivity index (χ3v) is 4.26. The van der Waals surface area contributed by atoms with Crippen molar-refractivity contribution in [2.24, 2.45) is 0 Å². The van der Waals surface area contributed by atoms with Crippen molar-refractivity contribution < 1.29 is 23.0 Å². The Kier molecular flexibility index (Phi) is 4.62. The van der Waals surface area contributed by atoms with Crippen LogP contribution in [0.15, 0.2) is 12.1 Å². The van der Waals surface area contributed by atoms with Gasteiger partial charge >= 0.3 is 0 Å². The molecule has 2 aliphatic heterocycles. The van der Waals surface area contributed by atoms with Crippen molar-refractivity contribution in [2.75, 3.05) is 13.2 Å². The summed E-state index contributed by atoms with van der Waals surface area (Å²) in [6.07, 6.45) is 0.467. The molecule has 1 fully saturated rings. The van der Waals surface area contributed by atoms with Crippen molar-refractivity contribution in [2.45, 2.75) is 51.3 Å². The number of fused-ring (bicyclic) bond motifs is 1. The summed E-state index contributed by atoms with van der Waals surface area (Å²) in [5.74, 6) is -1.76. The van der Waals surface area contributed by atoms with Gasteiger partial charge in [0.15, 0.2) is 0 Å². The van der Waals surface area contributed by atoms with Crippen LogP contribution in [-0.2, 0) is 17.8 Å². The van der Waals surface area contributed by atoms with E-state index in [2.05, 4.69) is 10.6 Å². The second-order valence-electron chi connectivity index (χ2n) is 6.34. The molecule has 7 heteroatoms. The van der Waals surface area contributed by atoms with Crippen molar-refractivity contribution in [3.8, 4) is 11.5 Å². The fourth-order valence-corrected chi connectivity index (χ4v) is 3.12. The van der Waals surface area contributed by atoms with E-state index in [9.17, 15) is 13.6 Å². The molecule has 1 saturated heterocycles. The average molecular weight is 340 g/mol. The van der Waals surface area contributed by atoms with E-state index in [0.717, 1.165) is 23.3 Å². The second kappa shape index (κ2) is 6.55. The van der Waals surface area contributed by atoms with Gasteiger partial charge in [-0.15, -0.1) is 0 Å². The molecule has 0 bridgehead atoms. The first kappa shape index (κ1) is 17.0. The fourth-order valence-electron chi connectivity index (χ4n) is 3.12. The number of hydrogen-bond acceptors (Lipinski definition) is 4. The van der Waals surface area contributed by atoms with Gasteiger partial charge in [0.05, 0.1) is 19.2 Å². The van der Waals surface area contributed by atoms with Crippen LogP contribution in [0.25, 0.3) is 0 Å². The Morgan fingerprint density at radius 2 is 2.29 bits per heavy atom. The van der Waals surface area contributed by atoms with Gasteiger partial charge in [0.2, 0.25) is 5.91 Å². The zero-order valence-corrected chi connectivity index (χ0v) is 13.8. The van der Waals surface area contributed by atoms with Crippen molar-refractivity contribution >= 4 is 5.91 Å². The van der Waals surface area contributed by atoms with E-state index in [1.807, 2.05) is 26.0 Å². The van der Waals surface area contributed by atoms with Crippen LogP contribution in [0.1, 0.15) is 31.4 Å².